The number of rotatable bonds is 8. The van der Waals surface area contributed by atoms with Crippen LogP contribution in [0.2, 0.25) is 0 Å². The van der Waals surface area contributed by atoms with Crippen molar-refractivity contribution >= 4 is 27.5 Å². The number of terminal acetylenes is 1. The zero-order valence-electron chi connectivity index (χ0n) is 28.6. The fourth-order valence-electron chi connectivity index (χ4n) is 7.96. The van der Waals surface area contributed by atoms with E-state index in [4.69, 9.17) is 20.9 Å². The Hall–Kier alpha value is -5.20. The number of benzene rings is 2. The van der Waals surface area contributed by atoms with Crippen molar-refractivity contribution < 1.29 is 31.4 Å². The van der Waals surface area contributed by atoms with Gasteiger partial charge in [0.05, 0.1) is 28.2 Å². The van der Waals surface area contributed by atoms with Crippen molar-refractivity contribution in [2.45, 2.75) is 62.7 Å². The number of alkyl halides is 3. The number of pyridine rings is 1. The van der Waals surface area contributed by atoms with Gasteiger partial charge in [-0.3, -0.25) is 14.9 Å². The monoisotopic (exact) mass is 730 g/mol. The molecule has 0 aliphatic carbocycles. The van der Waals surface area contributed by atoms with Crippen LogP contribution in [0.1, 0.15) is 56.1 Å². The molecule has 3 saturated heterocycles. The summed E-state index contributed by atoms with van der Waals surface area (Å²) in [5, 5.41) is 10.5. The van der Waals surface area contributed by atoms with Gasteiger partial charge in [0.1, 0.15) is 30.2 Å². The molecule has 3 aromatic heterocycles. The van der Waals surface area contributed by atoms with Gasteiger partial charge in [-0.25, -0.2) is 14.2 Å². The largest absolute Gasteiger partial charge is 0.475 e. The fourth-order valence-corrected chi connectivity index (χ4v) is 7.96. The van der Waals surface area contributed by atoms with Crippen molar-refractivity contribution in [3.05, 3.63) is 71.6 Å². The Morgan fingerprint density at radius 1 is 1.00 bits per heavy atom. The first-order chi connectivity index (χ1) is 25.6. The lowest BCUT2D eigenvalue weighted by molar-refractivity contribution is -0.138. The SMILES string of the molecule is C#Cc1c(F)ccc2cccc(-c3ncc4c(N5CCCCCN5)nc(OCC56CCCN5C(COc5cc(C(F)(F)F)cnn5)CC6)nc4c3F)c12. The summed E-state index contributed by atoms with van der Waals surface area (Å²) in [5.74, 6) is 1.35. The predicted octanol–water partition coefficient (Wildman–Crippen LogP) is 6.86. The van der Waals surface area contributed by atoms with Crippen molar-refractivity contribution in [3.63, 3.8) is 0 Å². The zero-order chi connectivity index (χ0) is 36.7. The Kier molecular flexibility index (Phi) is 9.20. The molecule has 0 bridgehead atoms. The molecule has 15 heteroatoms. The molecular formula is C38H35F5N8O2. The minimum Gasteiger partial charge on any atom is -0.475 e. The molecule has 274 valence electrons. The second-order valence-corrected chi connectivity index (χ2v) is 13.7. The molecule has 8 rings (SSSR count). The molecule has 3 aliphatic rings. The smallest absolute Gasteiger partial charge is 0.418 e. The molecule has 2 unspecified atom stereocenters. The summed E-state index contributed by atoms with van der Waals surface area (Å²) < 4.78 is 83.4. The first-order valence-corrected chi connectivity index (χ1v) is 17.6. The molecule has 1 N–H and O–H groups in total. The normalized spacial score (nSPS) is 20.8. The number of ether oxygens (including phenoxy) is 2. The van der Waals surface area contributed by atoms with Crippen LogP contribution in [0.4, 0.5) is 27.8 Å². The van der Waals surface area contributed by atoms with E-state index in [1.165, 1.54) is 12.3 Å². The van der Waals surface area contributed by atoms with Crippen LogP contribution in [0.25, 0.3) is 32.9 Å². The van der Waals surface area contributed by atoms with Gasteiger partial charge in [0.2, 0.25) is 5.88 Å². The quantitative estimate of drug-likeness (QED) is 0.135. The molecule has 2 aromatic carbocycles. The van der Waals surface area contributed by atoms with Gasteiger partial charge in [-0.05, 0) is 56.5 Å². The lowest BCUT2D eigenvalue weighted by atomic mass is 9.95. The highest BCUT2D eigenvalue weighted by Gasteiger charge is 2.50. The number of hydrogen-bond acceptors (Lipinski definition) is 10. The molecule has 10 nitrogen and oxygen atoms in total. The highest BCUT2D eigenvalue weighted by atomic mass is 19.4. The summed E-state index contributed by atoms with van der Waals surface area (Å²) in [6, 6.07) is 8.81. The van der Waals surface area contributed by atoms with Crippen molar-refractivity contribution in [1.82, 2.24) is 35.5 Å². The van der Waals surface area contributed by atoms with Crippen LogP contribution in [-0.4, -0.2) is 74.5 Å². The third-order valence-corrected chi connectivity index (χ3v) is 10.5. The van der Waals surface area contributed by atoms with E-state index in [0.717, 1.165) is 57.6 Å². The van der Waals surface area contributed by atoms with Crippen molar-refractivity contribution in [2.75, 3.05) is 37.9 Å². The van der Waals surface area contributed by atoms with E-state index in [-0.39, 0.29) is 47.9 Å². The maximum Gasteiger partial charge on any atom is 0.418 e. The van der Waals surface area contributed by atoms with E-state index in [9.17, 15) is 17.6 Å². The van der Waals surface area contributed by atoms with Crippen LogP contribution < -0.4 is 19.9 Å². The van der Waals surface area contributed by atoms with Gasteiger partial charge in [0.25, 0.3) is 0 Å². The standard InChI is InChI=1S/C38H35F5N8O2/c1-2-26-29(39)11-10-23-8-6-9-27(31(23)26)33-32(40)34-28(20-44-33)35(51-17-5-3-4-15-46-51)48-36(47-34)53-22-37-13-7-16-50(37)25(12-14-37)21-52-30-18-24(19-45-49-30)38(41,42)43/h1,6,8-11,18-20,25,46H,3-5,7,12-17,21-22H2. The Morgan fingerprint density at radius 3 is 2.74 bits per heavy atom. The third-order valence-electron chi connectivity index (χ3n) is 10.5. The van der Waals surface area contributed by atoms with Crippen molar-refractivity contribution in [2.24, 2.45) is 0 Å². The van der Waals surface area contributed by atoms with E-state index in [2.05, 4.69) is 36.4 Å². The van der Waals surface area contributed by atoms with Crippen molar-refractivity contribution in [1.29, 1.82) is 0 Å². The topological polar surface area (TPSA) is 101 Å². The van der Waals surface area contributed by atoms with E-state index in [1.54, 1.807) is 24.3 Å². The summed E-state index contributed by atoms with van der Waals surface area (Å²) in [4.78, 5) is 16.2. The summed E-state index contributed by atoms with van der Waals surface area (Å²) in [6.07, 6.45) is 9.42. The molecule has 2 atom stereocenters. The maximum atomic E-state index is 16.9. The van der Waals surface area contributed by atoms with Crippen LogP contribution in [0.15, 0.2) is 48.8 Å². The van der Waals surface area contributed by atoms with Gasteiger partial charge in [-0.1, -0.05) is 36.6 Å². The number of aromatic nitrogens is 5. The Bertz CT molecular complexity index is 2220. The first kappa shape index (κ1) is 34.9. The van der Waals surface area contributed by atoms with E-state index < -0.39 is 28.9 Å². The molecule has 0 amide bonds. The first-order valence-electron chi connectivity index (χ1n) is 17.6. The summed E-state index contributed by atoms with van der Waals surface area (Å²) in [5.41, 5.74) is 2.38. The van der Waals surface area contributed by atoms with Gasteiger partial charge >= 0.3 is 12.2 Å². The fraction of sp³-hybridized carbons (Fsp3) is 0.395. The molecule has 6 heterocycles. The number of hydrogen-bond donors (Lipinski definition) is 1. The van der Waals surface area contributed by atoms with E-state index in [1.807, 2.05) is 5.01 Å². The number of nitrogens with zero attached hydrogens (tertiary/aromatic N) is 7. The molecule has 0 spiro atoms. The molecule has 3 fully saturated rings. The summed E-state index contributed by atoms with van der Waals surface area (Å²) >= 11 is 0. The van der Waals surface area contributed by atoms with Crippen LogP contribution in [0.3, 0.4) is 0 Å². The second-order valence-electron chi connectivity index (χ2n) is 13.7. The lowest BCUT2D eigenvalue weighted by Crippen LogP contribution is -2.48. The number of hydrazine groups is 1. The molecule has 0 saturated carbocycles. The van der Waals surface area contributed by atoms with Gasteiger partial charge in [0, 0.05) is 42.3 Å². The number of anilines is 1. The second kappa shape index (κ2) is 14.0. The van der Waals surface area contributed by atoms with E-state index >= 15 is 4.39 Å². The van der Waals surface area contributed by atoms with E-state index in [0.29, 0.717) is 46.8 Å². The van der Waals surface area contributed by atoms with Gasteiger partial charge in [0.15, 0.2) is 11.6 Å². The van der Waals surface area contributed by atoms with Gasteiger partial charge < -0.3 is 9.47 Å². The van der Waals surface area contributed by atoms with Gasteiger partial charge in [-0.2, -0.15) is 28.2 Å². The van der Waals surface area contributed by atoms with Crippen molar-refractivity contribution in [3.8, 4) is 35.5 Å². The zero-order valence-corrected chi connectivity index (χ0v) is 28.6. The van der Waals surface area contributed by atoms with Crippen LogP contribution >= 0.6 is 0 Å². The summed E-state index contributed by atoms with van der Waals surface area (Å²) in [6.45, 7) is 2.43. The average Bonchev–Trinajstić information content (AvgIpc) is 3.60. The van der Waals surface area contributed by atoms with Crippen LogP contribution in [0.5, 0.6) is 11.9 Å². The minimum absolute atomic E-state index is 0.00242. The highest BCUT2D eigenvalue weighted by Crippen LogP contribution is 2.43. The number of fused-ring (bicyclic) bond motifs is 3. The third kappa shape index (κ3) is 6.54. The molecule has 3 aliphatic heterocycles. The Labute approximate surface area is 301 Å². The molecule has 5 aromatic rings. The molecular weight excluding hydrogens is 695 g/mol. The Morgan fingerprint density at radius 2 is 1.89 bits per heavy atom. The lowest BCUT2D eigenvalue weighted by Gasteiger charge is -2.34. The maximum absolute atomic E-state index is 16.9. The molecule has 0 radical (unpaired) electrons. The summed E-state index contributed by atoms with van der Waals surface area (Å²) in [7, 11) is 0. The number of halogens is 5. The van der Waals surface area contributed by atoms with Crippen LogP contribution in [0, 0.1) is 24.0 Å². The Balaban J connectivity index is 1.11. The predicted molar refractivity (Wildman–Crippen MR) is 187 cm³/mol. The minimum atomic E-state index is -4.56. The average molecular weight is 731 g/mol. The number of nitrogens with one attached hydrogen (secondary N) is 1. The van der Waals surface area contributed by atoms with Gasteiger partial charge in [-0.15, -0.1) is 11.5 Å². The highest BCUT2D eigenvalue weighted by molar-refractivity contribution is 6.02. The van der Waals surface area contributed by atoms with Crippen LogP contribution in [-0.2, 0) is 6.18 Å². The molecule has 53 heavy (non-hydrogen) atoms.